The number of carbonyl (C=O) groups excluding carboxylic acids is 2. The van der Waals surface area contributed by atoms with Crippen molar-refractivity contribution in [2.75, 3.05) is 24.5 Å². The van der Waals surface area contributed by atoms with Gasteiger partial charge in [-0.05, 0) is 62.1 Å². The van der Waals surface area contributed by atoms with E-state index in [1.54, 1.807) is 11.8 Å². The maximum atomic E-state index is 12.6. The number of anilines is 1. The second-order valence-electron chi connectivity index (χ2n) is 8.04. The standard InChI is InChI=1S/C23H27N3O4.ClH/c1-15-12-19(17-4-2-10-24-14-17)30-23(29)21(15)22(28)25-13-16-6-8-18(9-7-16)26-11-3-5-20(26)27;/h6-9,12,17,24H,2-5,10-11,13-14H2,1H3,(H,25,28);1H. The highest BCUT2D eigenvalue weighted by Crippen LogP contribution is 2.24. The van der Waals surface area contributed by atoms with Crippen molar-refractivity contribution < 1.29 is 14.0 Å². The van der Waals surface area contributed by atoms with Crippen LogP contribution < -0.4 is 21.2 Å². The zero-order chi connectivity index (χ0) is 21.1. The third-order valence-corrected chi connectivity index (χ3v) is 5.87. The summed E-state index contributed by atoms with van der Waals surface area (Å²) >= 11 is 0. The molecule has 1 aromatic heterocycles. The largest absolute Gasteiger partial charge is 0.427 e. The second kappa shape index (κ2) is 10.1. The Balaban J connectivity index is 0.00000272. The number of amides is 2. The van der Waals surface area contributed by atoms with E-state index >= 15 is 0 Å². The molecule has 1 atom stereocenters. The Morgan fingerprint density at radius 2 is 2.00 bits per heavy atom. The molecular formula is C23H28ClN3O4. The molecule has 7 nitrogen and oxygen atoms in total. The Hall–Kier alpha value is -2.64. The van der Waals surface area contributed by atoms with E-state index in [1.165, 1.54) is 0 Å². The van der Waals surface area contributed by atoms with Crippen LogP contribution in [0.15, 0.2) is 39.5 Å². The smallest absolute Gasteiger partial charge is 0.349 e. The Morgan fingerprint density at radius 1 is 1.23 bits per heavy atom. The summed E-state index contributed by atoms with van der Waals surface area (Å²) in [4.78, 5) is 38.7. The van der Waals surface area contributed by atoms with Crippen molar-refractivity contribution >= 4 is 29.9 Å². The van der Waals surface area contributed by atoms with Gasteiger partial charge in [-0.3, -0.25) is 9.59 Å². The molecule has 2 N–H and O–H groups in total. The van der Waals surface area contributed by atoms with Gasteiger partial charge in [0.15, 0.2) is 0 Å². The minimum atomic E-state index is -0.587. The number of benzene rings is 1. The van der Waals surface area contributed by atoms with Crippen LogP contribution in [0.3, 0.4) is 0 Å². The first-order valence-electron chi connectivity index (χ1n) is 10.6. The van der Waals surface area contributed by atoms with Crippen molar-refractivity contribution in [1.82, 2.24) is 10.6 Å². The molecule has 8 heteroatoms. The highest BCUT2D eigenvalue weighted by atomic mass is 35.5. The average Bonchev–Trinajstić information content (AvgIpc) is 3.18. The zero-order valence-electron chi connectivity index (χ0n) is 17.6. The van der Waals surface area contributed by atoms with E-state index in [2.05, 4.69) is 10.6 Å². The highest BCUT2D eigenvalue weighted by molar-refractivity contribution is 5.96. The van der Waals surface area contributed by atoms with Crippen LogP contribution in [-0.4, -0.2) is 31.4 Å². The SMILES string of the molecule is Cc1cc(C2CCCNC2)oc(=O)c1C(=O)NCc1ccc(N2CCCC2=O)cc1.Cl. The predicted octanol–water partition coefficient (Wildman–Crippen LogP) is 2.89. The van der Waals surface area contributed by atoms with Gasteiger partial charge >= 0.3 is 5.63 Å². The van der Waals surface area contributed by atoms with Crippen LogP contribution in [0, 0.1) is 6.92 Å². The van der Waals surface area contributed by atoms with Gasteiger partial charge in [0.05, 0.1) is 0 Å². The fourth-order valence-electron chi connectivity index (χ4n) is 4.19. The van der Waals surface area contributed by atoms with Gasteiger partial charge in [-0.25, -0.2) is 4.79 Å². The molecule has 166 valence electrons. The maximum absolute atomic E-state index is 12.6. The third-order valence-electron chi connectivity index (χ3n) is 5.87. The molecule has 0 saturated carbocycles. The summed E-state index contributed by atoms with van der Waals surface area (Å²) in [6.07, 6.45) is 3.49. The first kappa shape index (κ1) is 23.0. The summed E-state index contributed by atoms with van der Waals surface area (Å²) in [5, 5.41) is 6.11. The molecule has 2 fully saturated rings. The number of nitrogens with one attached hydrogen (secondary N) is 2. The van der Waals surface area contributed by atoms with E-state index in [9.17, 15) is 14.4 Å². The van der Waals surface area contributed by atoms with Gasteiger partial charge in [0, 0.05) is 37.7 Å². The molecule has 0 bridgehead atoms. The first-order valence-corrected chi connectivity index (χ1v) is 10.6. The lowest BCUT2D eigenvalue weighted by Crippen LogP contribution is -2.31. The van der Waals surface area contributed by atoms with Crippen molar-refractivity contribution in [3.05, 3.63) is 63.2 Å². The lowest BCUT2D eigenvalue weighted by molar-refractivity contribution is -0.117. The lowest BCUT2D eigenvalue weighted by atomic mass is 9.95. The molecule has 4 rings (SSSR count). The quantitative estimate of drug-likeness (QED) is 0.738. The zero-order valence-corrected chi connectivity index (χ0v) is 18.4. The molecule has 0 spiro atoms. The van der Waals surface area contributed by atoms with Gasteiger partial charge in [-0.2, -0.15) is 0 Å². The Labute approximate surface area is 187 Å². The Morgan fingerprint density at radius 3 is 2.61 bits per heavy atom. The molecule has 2 amide bonds. The van der Waals surface area contributed by atoms with Crippen LogP contribution in [0.2, 0.25) is 0 Å². The fraction of sp³-hybridized carbons (Fsp3) is 0.435. The number of nitrogens with zero attached hydrogens (tertiary/aromatic N) is 1. The minimum Gasteiger partial charge on any atom is -0.427 e. The van der Waals surface area contributed by atoms with E-state index in [0.29, 0.717) is 24.3 Å². The summed E-state index contributed by atoms with van der Waals surface area (Å²) in [5.41, 5.74) is 1.87. The van der Waals surface area contributed by atoms with Crippen LogP contribution in [-0.2, 0) is 11.3 Å². The predicted molar refractivity (Wildman–Crippen MR) is 121 cm³/mol. The van der Waals surface area contributed by atoms with Crippen molar-refractivity contribution in [1.29, 1.82) is 0 Å². The van der Waals surface area contributed by atoms with Crippen LogP contribution in [0.25, 0.3) is 0 Å². The normalized spacial score (nSPS) is 18.5. The number of rotatable bonds is 5. The Bertz CT molecular complexity index is 997. The van der Waals surface area contributed by atoms with Crippen LogP contribution in [0.5, 0.6) is 0 Å². The summed E-state index contributed by atoms with van der Waals surface area (Å²) < 4.78 is 5.49. The van der Waals surface area contributed by atoms with Crippen LogP contribution in [0.4, 0.5) is 5.69 Å². The van der Waals surface area contributed by atoms with Gasteiger partial charge in [-0.1, -0.05) is 12.1 Å². The topological polar surface area (TPSA) is 91.7 Å². The van der Waals surface area contributed by atoms with E-state index in [0.717, 1.165) is 50.1 Å². The second-order valence-corrected chi connectivity index (χ2v) is 8.04. The van der Waals surface area contributed by atoms with E-state index < -0.39 is 11.5 Å². The fourth-order valence-corrected chi connectivity index (χ4v) is 4.19. The van der Waals surface area contributed by atoms with Crippen molar-refractivity contribution in [2.24, 2.45) is 0 Å². The van der Waals surface area contributed by atoms with Crippen LogP contribution in [0.1, 0.15) is 58.8 Å². The number of hydrogen-bond acceptors (Lipinski definition) is 5. The van der Waals surface area contributed by atoms with E-state index in [-0.39, 0.29) is 29.8 Å². The third kappa shape index (κ3) is 5.17. The van der Waals surface area contributed by atoms with Gasteiger partial charge in [0.2, 0.25) is 5.91 Å². The van der Waals surface area contributed by atoms with Gasteiger partial charge in [0.25, 0.3) is 5.91 Å². The van der Waals surface area contributed by atoms with Crippen molar-refractivity contribution in [3.8, 4) is 0 Å². The van der Waals surface area contributed by atoms with Gasteiger partial charge in [0.1, 0.15) is 11.3 Å². The monoisotopic (exact) mass is 445 g/mol. The molecule has 1 unspecified atom stereocenters. The molecular weight excluding hydrogens is 418 g/mol. The number of aryl methyl sites for hydroxylation is 1. The molecule has 0 radical (unpaired) electrons. The number of halogens is 1. The van der Waals surface area contributed by atoms with E-state index in [4.69, 9.17) is 4.42 Å². The molecule has 2 aromatic rings. The number of carbonyl (C=O) groups is 2. The highest BCUT2D eigenvalue weighted by Gasteiger charge is 2.23. The summed E-state index contributed by atoms with van der Waals surface area (Å²) in [5.74, 6) is 0.524. The summed E-state index contributed by atoms with van der Waals surface area (Å²) in [6.45, 7) is 4.58. The Kier molecular flexibility index (Phi) is 7.51. The molecule has 2 aliphatic heterocycles. The lowest BCUT2D eigenvalue weighted by Gasteiger charge is -2.22. The van der Waals surface area contributed by atoms with Crippen molar-refractivity contribution in [3.63, 3.8) is 0 Å². The van der Waals surface area contributed by atoms with E-state index in [1.807, 2.05) is 30.3 Å². The van der Waals surface area contributed by atoms with Gasteiger partial charge in [-0.15, -0.1) is 12.4 Å². The molecule has 0 aliphatic carbocycles. The maximum Gasteiger partial charge on any atom is 0.349 e. The summed E-state index contributed by atoms with van der Waals surface area (Å²) in [6, 6.07) is 9.36. The molecule has 2 aliphatic rings. The van der Waals surface area contributed by atoms with Gasteiger partial charge < -0.3 is 20.0 Å². The molecule has 31 heavy (non-hydrogen) atoms. The van der Waals surface area contributed by atoms with Crippen LogP contribution >= 0.6 is 12.4 Å². The molecule has 2 saturated heterocycles. The molecule has 3 heterocycles. The van der Waals surface area contributed by atoms with Crippen molar-refractivity contribution in [2.45, 2.75) is 45.1 Å². The average molecular weight is 446 g/mol. The first-order chi connectivity index (χ1) is 14.5. The summed E-state index contributed by atoms with van der Waals surface area (Å²) in [7, 11) is 0. The molecule has 1 aromatic carbocycles. The number of piperidine rings is 1. The number of hydrogen-bond donors (Lipinski definition) is 2. The minimum absolute atomic E-state index is 0.